The van der Waals surface area contributed by atoms with Crippen LogP contribution in [0.1, 0.15) is 37.1 Å². The standard InChI is InChI=1S/C17H19ClN8O2/c18-14-6-2-1-5-13(14)15(11-25-22-12-19-23-25)28-17(27)24-10-4-3-7-16(24)26-20-8-9-21-26/h1-2,5-6,8-9,12,15-16H,3-4,7,10-11H2. The van der Waals surface area contributed by atoms with Crippen LogP contribution in [-0.4, -0.2) is 52.7 Å². The number of aromatic nitrogens is 7. The summed E-state index contributed by atoms with van der Waals surface area (Å²) in [5.74, 6) is 0. The molecule has 10 nitrogen and oxygen atoms in total. The highest BCUT2D eigenvalue weighted by atomic mass is 35.5. The number of halogens is 1. The number of rotatable bonds is 5. The van der Waals surface area contributed by atoms with Gasteiger partial charge in [-0.1, -0.05) is 29.8 Å². The highest BCUT2D eigenvalue weighted by Crippen LogP contribution is 2.30. The largest absolute Gasteiger partial charge is 0.439 e. The molecule has 3 aromatic rings. The van der Waals surface area contributed by atoms with E-state index < -0.39 is 12.2 Å². The van der Waals surface area contributed by atoms with E-state index in [0.29, 0.717) is 17.1 Å². The second-order valence-electron chi connectivity index (χ2n) is 6.40. The molecule has 146 valence electrons. The number of hydrogen-bond donors (Lipinski definition) is 0. The number of carbonyl (C=O) groups excluding carboxylic acids is 1. The zero-order chi connectivity index (χ0) is 19.3. The quantitative estimate of drug-likeness (QED) is 0.645. The maximum Gasteiger partial charge on any atom is 0.412 e. The molecule has 0 bridgehead atoms. The Morgan fingerprint density at radius 1 is 1.21 bits per heavy atom. The second kappa shape index (κ2) is 8.34. The first-order chi connectivity index (χ1) is 13.7. The number of benzene rings is 1. The topological polar surface area (TPSA) is 104 Å². The summed E-state index contributed by atoms with van der Waals surface area (Å²) >= 11 is 6.34. The monoisotopic (exact) mass is 402 g/mol. The lowest BCUT2D eigenvalue weighted by Gasteiger charge is -2.35. The first-order valence-corrected chi connectivity index (χ1v) is 9.38. The Bertz CT molecular complexity index is 902. The Hall–Kier alpha value is -3.01. The lowest BCUT2D eigenvalue weighted by molar-refractivity contribution is 0.0117. The van der Waals surface area contributed by atoms with E-state index in [1.54, 1.807) is 28.2 Å². The SMILES string of the molecule is O=C(OC(Cn1ncnn1)c1ccccc1Cl)N1CCCCC1n1nccn1. The fourth-order valence-electron chi connectivity index (χ4n) is 3.29. The Balaban J connectivity index is 1.56. The summed E-state index contributed by atoms with van der Waals surface area (Å²) in [7, 11) is 0. The molecular weight excluding hydrogens is 384 g/mol. The van der Waals surface area contributed by atoms with Crippen molar-refractivity contribution in [1.29, 1.82) is 0 Å². The smallest absolute Gasteiger partial charge is 0.412 e. The maximum absolute atomic E-state index is 13.1. The van der Waals surface area contributed by atoms with Gasteiger partial charge in [-0.25, -0.2) is 4.79 Å². The summed E-state index contributed by atoms with van der Waals surface area (Å²) in [5, 5.41) is 20.5. The Morgan fingerprint density at radius 2 is 2.04 bits per heavy atom. The Labute approximate surface area is 166 Å². The van der Waals surface area contributed by atoms with Gasteiger partial charge in [0.25, 0.3) is 0 Å². The third-order valence-corrected chi connectivity index (χ3v) is 4.97. The average Bonchev–Trinajstić information content (AvgIpc) is 3.42. The van der Waals surface area contributed by atoms with Crippen molar-refractivity contribution in [3.05, 3.63) is 53.6 Å². The molecule has 3 heterocycles. The number of carbonyl (C=O) groups is 1. The molecule has 1 amide bonds. The zero-order valence-corrected chi connectivity index (χ0v) is 15.8. The maximum atomic E-state index is 13.1. The molecular formula is C17H19ClN8O2. The number of nitrogens with zero attached hydrogens (tertiary/aromatic N) is 8. The first-order valence-electron chi connectivity index (χ1n) is 9.00. The normalized spacial score (nSPS) is 18.0. The highest BCUT2D eigenvalue weighted by Gasteiger charge is 2.32. The number of amides is 1. The molecule has 1 aliphatic heterocycles. The first kappa shape index (κ1) is 18.4. The number of tetrazole rings is 1. The van der Waals surface area contributed by atoms with Crippen LogP contribution in [0.4, 0.5) is 4.79 Å². The van der Waals surface area contributed by atoms with E-state index in [9.17, 15) is 4.79 Å². The van der Waals surface area contributed by atoms with E-state index in [2.05, 4.69) is 25.6 Å². The van der Waals surface area contributed by atoms with Gasteiger partial charge in [0.2, 0.25) is 0 Å². The fourth-order valence-corrected chi connectivity index (χ4v) is 3.55. The molecule has 0 saturated carbocycles. The summed E-state index contributed by atoms with van der Waals surface area (Å²) in [4.78, 5) is 17.6. The van der Waals surface area contributed by atoms with Gasteiger partial charge in [-0.05, 0) is 30.5 Å². The highest BCUT2D eigenvalue weighted by molar-refractivity contribution is 6.31. The van der Waals surface area contributed by atoms with Crippen molar-refractivity contribution >= 4 is 17.7 Å². The van der Waals surface area contributed by atoms with Crippen molar-refractivity contribution in [2.75, 3.05) is 6.54 Å². The van der Waals surface area contributed by atoms with Gasteiger partial charge in [-0.15, -0.1) is 10.2 Å². The van der Waals surface area contributed by atoms with Gasteiger partial charge in [0, 0.05) is 17.1 Å². The third-order valence-electron chi connectivity index (χ3n) is 4.62. The number of hydrogen-bond acceptors (Lipinski definition) is 7. The molecule has 2 unspecified atom stereocenters. The zero-order valence-electron chi connectivity index (χ0n) is 15.0. The van der Waals surface area contributed by atoms with Crippen LogP contribution in [-0.2, 0) is 11.3 Å². The van der Waals surface area contributed by atoms with E-state index in [-0.39, 0.29) is 12.7 Å². The molecule has 1 aromatic carbocycles. The summed E-state index contributed by atoms with van der Waals surface area (Å²) < 4.78 is 5.86. The van der Waals surface area contributed by atoms with Gasteiger partial charge in [0.05, 0.1) is 12.4 Å². The molecule has 0 radical (unpaired) electrons. The van der Waals surface area contributed by atoms with Crippen LogP contribution in [0.2, 0.25) is 5.02 Å². The van der Waals surface area contributed by atoms with Gasteiger partial charge in [0.15, 0.2) is 12.4 Å². The lowest BCUT2D eigenvalue weighted by Crippen LogP contribution is -2.43. The van der Waals surface area contributed by atoms with Crippen LogP contribution in [0, 0.1) is 0 Å². The average molecular weight is 403 g/mol. The number of likely N-dealkylation sites (tertiary alicyclic amines) is 1. The van der Waals surface area contributed by atoms with Crippen LogP contribution in [0.3, 0.4) is 0 Å². The van der Waals surface area contributed by atoms with E-state index in [4.69, 9.17) is 16.3 Å². The third kappa shape index (κ3) is 3.96. The molecule has 0 aliphatic carbocycles. The minimum atomic E-state index is -0.663. The van der Waals surface area contributed by atoms with E-state index in [1.807, 2.05) is 18.2 Å². The molecule has 1 aliphatic rings. The van der Waals surface area contributed by atoms with Crippen LogP contribution in [0.25, 0.3) is 0 Å². The number of ether oxygens (including phenoxy) is 1. The minimum absolute atomic E-state index is 0.202. The minimum Gasteiger partial charge on any atom is -0.439 e. The molecule has 1 saturated heterocycles. The molecule has 0 spiro atoms. The molecule has 4 rings (SSSR count). The Kier molecular flexibility index (Phi) is 5.47. The van der Waals surface area contributed by atoms with Crippen molar-refractivity contribution in [2.45, 2.75) is 38.1 Å². The van der Waals surface area contributed by atoms with Crippen LogP contribution >= 0.6 is 11.6 Å². The summed E-state index contributed by atoms with van der Waals surface area (Å²) in [6.45, 7) is 0.774. The van der Waals surface area contributed by atoms with Crippen LogP contribution < -0.4 is 0 Å². The predicted octanol–water partition coefficient (Wildman–Crippen LogP) is 2.48. The van der Waals surface area contributed by atoms with E-state index in [0.717, 1.165) is 19.3 Å². The van der Waals surface area contributed by atoms with E-state index in [1.165, 1.54) is 11.1 Å². The summed E-state index contributed by atoms with van der Waals surface area (Å²) in [5.41, 5.74) is 0.681. The van der Waals surface area contributed by atoms with Gasteiger partial charge in [-0.2, -0.15) is 19.8 Å². The van der Waals surface area contributed by atoms with Gasteiger partial charge >= 0.3 is 6.09 Å². The van der Waals surface area contributed by atoms with Crippen molar-refractivity contribution in [1.82, 2.24) is 40.1 Å². The molecule has 11 heteroatoms. The molecule has 0 N–H and O–H groups in total. The van der Waals surface area contributed by atoms with Crippen LogP contribution in [0.5, 0.6) is 0 Å². The molecule has 28 heavy (non-hydrogen) atoms. The summed E-state index contributed by atoms with van der Waals surface area (Å²) in [6.07, 6.45) is 5.80. The lowest BCUT2D eigenvalue weighted by atomic mass is 10.1. The van der Waals surface area contributed by atoms with E-state index >= 15 is 0 Å². The number of piperidine rings is 1. The fraction of sp³-hybridized carbons (Fsp3) is 0.412. The summed E-state index contributed by atoms with van der Waals surface area (Å²) in [6, 6.07) is 7.24. The van der Waals surface area contributed by atoms with Crippen molar-refractivity contribution in [2.24, 2.45) is 0 Å². The van der Waals surface area contributed by atoms with Gasteiger partial charge in [-0.3, -0.25) is 4.90 Å². The predicted molar refractivity (Wildman–Crippen MR) is 98.1 cm³/mol. The van der Waals surface area contributed by atoms with Crippen molar-refractivity contribution < 1.29 is 9.53 Å². The molecule has 2 aromatic heterocycles. The van der Waals surface area contributed by atoms with Crippen molar-refractivity contribution in [3.63, 3.8) is 0 Å². The van der Waals surface area contributed by atoms with Gasteiger partial charge in [0.1, 0.15) is 12.7 Å². The van der Waals surface area contributed by atoms with Crippen molar-refractivity contribution in [3.8, 4) is 0 Å². The molecule has 2 atom stereocenters. The van der Waals surface area contributed by atoms with Crippen LogP contribution in [0.15, 0.2) is 43.0 Å². The second-order valence-corrected chi connectivity index (χ2v) is 6.81. The molecule has 1 fully saturated rings. The van der Waals surface area contributed by atoms with Gasteiger partial charge < -0.3 is 4.74 Å². The Morgan fingerprint density at radius 3 is 2.79 bits per heavy atom.